The molecule has 11 rings (SSSR count). The minimum atomic E-state index is -1.10. The van der Waals surface area contributed by atoms with Crippen LogP contribution in [0.3, 0.4) is 0 Å². The second kappa shape index (κ2) is 38.5. The number of carbonyl (C=O) groups is 10. The molecule has 0 atom stereocenters. The molecule has 1 fully saturated rings. The van der Waals surface area contributed by atoms with E-state index in [-0.39, 0.29) is 162 Å². The molecule has 108 heavy (non-hydrogen) atoms. The largest absolute Gasteiger partial charge is 0.487 e. The highest BCUT2D eigenvalue weighted by molar-refractivity contribution is 6.01. The van der Waals surface area contributed by atoms with Crippen molar-refractivity contribution >= 4 is 81.9 Å². The lowest BCUT2D eigenvalue weighted by atomic mass is 9.93. The molecular formula is C79H79N9O20. The fraction of sp³-hybridized carbons (Fsp3) is 0.266. The molecule has 29 nitrogen and oxygen atoms in total. The Morgan fingerprint density at radius 3 is 0.861 bits per heavy atom. The number of fused-ring (bicyclic) bond motifs is 8. The molecule has 0 bridgehead atoms. The standard InChI is InChI=1S/C79H79N9O20/c89-70-47-103-62-25-9-1-17-54(62)76(95)80-35-36-81-77(96)55-18-2-10-26-63(55)104-48-71(90)85-59-22-6-14-30-67(59)100-44-52(43-99-66-29-13-5-21-58(66)84-70)107-74(93)41-51-33-39-88(40-34-51)42-75(94)108-53-45-101-68-31-15-7-23-60(68)86-72(91)49-105-64-27-11-3-19-56(64)78(97)82-37-38-83-79(98)57-20-4-12-28-65(57)106-50-73(92)87-61-24-8-16-32-69(61)102-46-53/h1-32,51-53H,33-50H2,(H,80,95)(H,81,96)(H,82,97)(H,83,98)(H,84,89)(H,85,90)(H,86,91)(H,87,92). The fourth-order valence-electron chi connectivity index (χ4n) is 11.5. The van der Waals surface area contributed by atoms with Gasteiger partial charge in [-0.25, -0.2) is 0 Å². The Morgan fingerprint density at radius 1 is 0.324 bits per heavy atom. The van der Waals surface area contributed by atoms with Crippen LogP contribution in [0.2, 0.25) is 0 Å². The van der Waals surface area contributed by atoms with Crippen LogP contribution in [0.15, 0.2) is 194 Å². The maximum absolute atomic E-state index is 14.1. The summed E-state index contributed by atoms with van der Waals surface area (Å²) in [7, 11) is 0. The number of nitrogens with one attached hydrogen (secondary N) is 8. The van der Waals surface area contributed by atoms with Gasteiger partial charge in [-0.15, -0.1) is 0 Å². The molecule has 3 aliphatic heterocycles. The predicted molar refractivity (Wildman–Crippen MR) is 393 cm³/mol. The summed E-state index contributed by atoms with van der Waals surface area (Å²) in [5.41, 5.74) is 1.56. The summed E-state index contributed by atoms with van der Waals surface area (Å²) >= 11 is 0. The van der Waals surface area contributed by atoms with Crippen LogP contribution in [0.1, 0.15) is 60.7 Å². The number of anilines is 4. The third-order valence-corrected chi connectivity index (χ3v) is 16.8. The Balaban J connectivity index is 0.743. The first-order valence-electron chi connectivity index (χ1n) is 34.8. The zero-order valence-corrected chi connectivity index (χ0v) is 58.5. The van der Waals surface area contributed by atoms with E-state index in [2.05, 4.69) is 42.5 Å². The lowest BCUT2D eigenvalue weighted by Crippen LogP contribution is -2.41. The van der Waals surface area contributed by atoms with Gasteiger partial charge in [0, 0.05) is 32.6 Å². The third kappa shape index (κ3) is 22.4. The first-order chi connectivity index (χ1) is 52.6. The second-order valence-electron chi connectivity index (χ2n) is 24.7. The quantitative estimate of drug-likeness (QED) is 0.0760. The van der Waals surface area contributed by atoms with E-state index < -0.39 is 97.8 Å². The molecule has 8 N–H and O–H groups in total. The van der Waals surface area contributed by atoms with Gasteiger partial charge >= 0.3 is 11.9 Å². The Morgan fingerprint density at radius 2 is 0.574 bits per heavy atom. The third-order valence-electron chi connectivity index (χ3n) is 16.8. The Kier molecular flexibility index (Phi) is 27.1. The summed E-state index contributed by atoms with van der Waals surface area (Å²) in [6.07, 6.45) is -1.26. The summed E-state index contributed by atoms with van der Waals surface area (Å²) in [4.78, 5) is 138. The van der Waals surface area contributed by atoms with Crippen LogP contribution in [-0.2, 0) is 38.2 Å². The van der Waals surface area contributed by atoms with Gasteiger partial charge in [0.1, 0.15) is 72.4 Å². The topological polar surface area (TPSA) is 362 Å². The van der Waals surface area contributed by atoms with Crippen LogP contribution in [0.5, 0.6) is 46.0 Å². The van der Waals surface area contributed by atoms with Crippen LogP contribution in [0.4, 0.5) is 22.7 Å². The van der Waals surface area contributed by atoms with Crippen molar-refractivity contribution < 1.29 is 95.3 Å². The summed E-state index contributed by atoms with van der Waals surface area (Å²) in [5.74, 6) is -4.55. The zero-order valence-electron chi connectivity index (χ0n) is 58.5. The predicted octanol–water partition coefficient (Wildman–Crippen LogP) is 7.24. The minimum Gasteiger partial charge on any atom is -0.487 e. The number of rotatable bonds is 6. The lowest BCUT2D eigenvalue weighted by molar-refractivity contribution is -0.156. The van der Waals surface area contributed by atoms with Gasteiger partial charge in [0.15, 0.2) is 38.6 Å². The molecule has 1 saturated heterocycles. The van der Waals surface area contributed by atoms with Gasteiger partial charge in [-0.1, -0.05) is 97.1 Å². The molecule has 560 valence electrons. The number of hydrogen-bond acceptors (Lipinski definition) is 21. The number of carbonyl (C=O) groups excluding carboxylic acids is 10. The first kappa shape index (κ1) is 76.0. The van der Waals surface area contributed by atoms with E-state index in [1.807, 2.05) is 4.90 Å². The lowest BCUT2D eigenvalue weighted by Gasteiger charge is -2.31. The molecule has 0 aromatic heterocycles. The summed E-state index contributed by atoms with van der Waals surface area (Å²) in [6, 6.07) is 51.7. The number of esters is 2. The molecule has 0 radical (unpaired) electrons. The Labute approximate surface area is 620 Å². The molecule has 3 heterocycles. The van der Waals surface area contributed by atoms with Gasteiger partial charge < -0.3 is 89.9 Å². The number of ether oxygens (including phenoxy) is 10. The van der Waals surface area contributed by atoms with Gasteiger partial charge in [-0.2, -0.15) is 0 Å². The molecule has 0 unspecified atom stereocenters. The van der Waals surface area contributed by atoms with E-state index in [9.17, 15) is 47.9 Å². The van der Waals surface area contributed by atoms with Crippen molar-refractivity contribution in [3.8, 4) is 46.0 Å². The monoisotopic (exact) mass is 1470 g/mol. The number of nitrogens with zero attached hydrogens (tertiary/aromatic N) is 1. The van der Waals surface area contributed by atoms with Crippen molar-refractivity contribution in [2.75, 3.05) is 120 Å². The SMILES string of the molecule is O=C1COc2ccccc2C(=O)NCCNC(=O)c2ccccc2OCC(=O)Nc2ccccc2OCC(OC(=O)CC2CCN(CC(=O)OC3COc4ccccc4NC(=O)COc4ccccc4C(=O)NCCNC(=O)c4ccccc4OCC(=O)Nc4ccccc4OC3)CC2)COc2ccccc2N1. The first-order valence-corrected chi connectivity index (χ1v) is 34.8. The number of likely N-dealkylation sites (tertiary alicyclic amines) is 1. The van der Waals surface area contributed by atoms with Crippen molar-refractivity contribution in [3.63, 3.8) is 0 Å². The molecule has 8 amide bonds. The van der Waals surface area contributed by atoms with Gasteiger partial charge in [-0.05, 0) is 129 Å². The van der Waals surface area contributed by atoms with Crippen LogP contribution in [-0.4, -0.2) is 175 Å². The number of amides is 8. The molecule has 29 heteroatoms. The molecule has 0 saturated carbocycles. The maximum Gasteiger partial charge on any atom is 0.320 e. The minimum absolute atomic E-state index is 0.0241. The van der Waals surface area contributed by atoms with E-state index in [4.69, 9.17) is 47.4 Å². The second-order valence-corrected chi connectivity index (χ2v) is 24.7. The van der Waals surface area contributed by atoms with E-state index in [1.54, 1.807) is 146 Å². The maximum atomic E-state index is 14.1. The van der Waals surface area contributed by atoms with Gasteiger partial charge in [0.2, 0.25) is 0 Å². The van der Waals surface area contributed by atoms with Crippen molar-refractivity contribution in [1.29, 1.82) is 0 Å². The van der Waals surface area contributed by atoms with Crippen LogP contribution < -0.4 is 80.4 Å². The van der Waals surface area contributed by atoms with Crippen molar-refractivity contribution in [1.82, 2.24) is 26.2 Å². The molecule has 8 aromatic carbocycles. The highest BCUT2D eigenvalue weighted by Crippen LogP contribution is 2.31. The van der Waals surface area contributed by atoms with Crippen LogP contribution >= 0.6 is 0 Å². The fourth-order valence-corrected chi connectivity index (χ4v) is 11.5. The summed E-state index contributed by atoms with van der Waals surface area (Å²) < 4.78 is 60.7. The van der Waals surface area contributed by atoms with E-state index in [0.717, 1.165) is 0 Å². The molecule has 0 spiro atoms. The van der Waals surface area contributed by atoms with Crippen LogP contribution in [0.25, 0.3) is 0 Å². The molecule has 8 aromatic rings. The van der Waals surface area contributed by atoms with E-state index in [1.165, 1.54) is 48.5 Å². The van der Waals surface area contributed by atoms with E-state index in [0.29, 0.717) is 25.9 Å². The van der Waals surface area contributed by atoms with Crippen molar-refractivity contribution in [2.45, 2.75) is 31.5 Å². The smallest absolute Gasteiger partial charge is 0.320 e. The van der Waals surface area contributed by atoms with Gasteiger partial charge in [-0.3, -0.25) is 52.8 Å². The summed E-state index contributed by atoms with van der Waals surface area (Å²) in [5, 5.41) is 22.1. The number of para-hydroxylation sites is 12. The molecular weight excluding hydrogens is 1390 g/mol. The average molecular weight is 1470 g/mol. The van der Waals surface area contributed by atoms with Crippen LogP contribution in [0, 0.1) is 5.92 Å². The highest BCUT2D eigenvalue weighted by atomic mass is 16.6. The molecule has 0 aliphatic carbocycles. The molecule has 3 aliphatic rings. The van der Waals surface area contributed by atoms with Gasteiger partial charge in [0.05, 0.1) is 51.5 Å². The Bertz CT molecular complexity index is 3990. The number of piperidine rings is 1. The summed E-state index contributed by atoms with van der Waals surface area (Å²) in [6.45, 7) is -2.42. The normalized spacial score (nSPS) is 16.5. The highest BCUT2D eigenvalue weighted by Gasteiger charge is 2.29. The van der Waals surface area contributed by atoms with Gasteiger partial charge in [0.25, 0.3) is 47.3 Å². The number of hydrogen-bond donors (Lipinski definition) is 8. The van der Waals surface area contributed by atoms with E-state index >= 15 is 0 Å². The Hall–Kier alpha value is -13.2. The van der Waals surface area contributed by atoms with Crippen molar-refractivity contribution in [3.05, 3.63) is 216 Å². The average Bonchev–Trinajstić information content (AvgIpc) is 0.899. The number of benzene rings is 8. The zero-order chi connectivity index (χ0) is 75.4. The van der Waals surface area contributed by atoms with Crippen molar-refractivity contribution in [2.24, 2.45) is 5.92 Å².